The van der Waals surface area contributed by atoms with E-state index in [1.165, 1.54) is 11.1 Å². The summed E-state index contributed by atoms with van der Waals surface area (Å²) in [5.41, 5.74) is 4.10. The molecule has 0 spiro atoms. The summed E-state index contributed by atoms with van der Waals surface area (Å²) in [5.74, 6) is 0. The molecule has 5 heteroatoms. The highest BCUT2D eigenvalue weighted by molar-refractivity contribution is 5.68. The van der Waals surface area contributed by atoms with E-state index >= 15 is 0 Å². The molecule has 0 saturated carbocycles. The lowest BCUT2D eigenvalue weighted by atomic mass is 9.97. The number of ether oxygens (including phenoxy) is 1. The lowest BCUT2D eigenvalue weighted by molar-refractivity contribution is 0.0498. The molecule has 3 aromatic carbocycles. The number of anilines is 1. The van der Waals surface area contributed by atoms with E-state index in [0.717, 1.165) is 11.3 Å². The number of rotatable bonds is 5. The first-order chi connectivity index (χ1) is 15.9. The Labute approximate surface area is 196 Å². The van der Waals surface area contributed by atoms with E-state index in [-0.39, 0.29) is 18.1 Å². The van der Waals surface area contributed by atoms with Gasteiger partial charge in [-0.2, -0.15) is 0 Å². The Morgan fingerprint density at radius 3 is 2.30 bits per heavy atom. The number of hydrogen-bond donors (Lipinski definition) is 3. The summed E-state index contributed by atoms with van der Waals surface area (Å²) in [4.78, 5) is 12.7. The Bertz CT molecular complexity index is 1050. The zero-order valence-electron chi connectivity index (χ0n) is 19.5. The standard InChI is InChI=1S/C28H33N3O2/c1-28(2,3)33-27(32)31-24(18-20-12-6-4-7-13-20)25-19-29-26(21-14-8-5-9-15-21)22-16-10-11-17-23(22)30-25/h4-17,24-26,29-30H,18-19H2,1-3H3,(H,31,32)/t24-,25+,26+/m0/s1. The average Bonchev–Trinajstić information content (AvgIpc) is 2.98. The maximum Gasteiger partial charge on any atom is 0.407 e. The molecular weight excluding hydrogens is 410 g/mol. The van der Waals surface area contributed by atoms with Crippen LogP contribution in [0.25, 0.3) is 0 Å². The van der Waals surface area contributed by atoms with Gasteiger partial charge in [0.1, 0.15) is 5.60 Å². The van der Waals surface area contributed by atoms with Gasteiger partial charge < -0.3 is 20.7 Å². The van der Waals surface area contributed by atoms with Gasteiger partial charge >= 0.3 is 6.09 Å². The minimum Gasteiger partial charge on any atom is -0.444 e. The van der Waals surface area contributed by atoms with Crippen molar-refractivity contribution in [1.29, 1.82) is 0 Å². The van der Waals surface area contributed by atoms with E-state index in [2.05, 4.69) is 70.5 Å². The van der Waals surface area contributed by atoms with Gasteiger partial charge in [-0.1, -0.05) is 78.9 Å². The Kier molecular flexibility index (Phi) is 6.99. The molecule has 0 aliphatic carbocycles. The van der Waals surface area contributed by atoms with E-state index in [4.69, 9.17) is 4.74 Å². The lowest BCUT2D eigenvalue weighted by Gasteiger charge is -2.30. The number of carbonyl (C=O) groups excluding carboxylic acids is 1. The third kappa shape index (κ3) is 6.14. The molecule has 3 aromatic rings. The maximum absolute atomic E-state index is 12.7. The number of fused-ring (bicyclic) bond motifs is 1. The molecule has 1 aliphatic rings. The topological polar surface area (TPSA) is 62.4 Å². The van der Waals surface area contributed by atoms with E-state index in [9.17, 15) is 4.79 Å². The van der Waals surface area contributed by atoms with Gasteiger partial charge in [0.05, 0.1) is 18.1 Å². The van der Waals surface area contributed by atoms with E-state index < -0.39 is 11.7 Å². The van der Waals surface area contributed by atoms with Crippen LogP contribution in [0.2, 0.25) is 0 Å². The van der Waals surface area contributed by atoms with Crippen molar-refractivity contribution >= 4 is 11.8 Å². The summed E-state index contributed by atoms with van der Waals surface area (Å²) in [6.07, 6.45) is 0.291. The smallest absolute Gasteiger partial charge is 0.407 e. The third-order valence-electron chi connectivity index (χ3n) is 5.77. The van der Waals surface area contributed by atoms with Gasteiger partial charge in [0.15, 0.2) is 0 Å². The van der Waals surface area contributed by atoms with Crippen LogP contribution in [0, 0.1) is 0 Å². The Balaban J connectivity index is 1.62. The number of alkyl carbamates (subject to hydrolysis) is 1. The second-order valence-corrected chi connectivity index (χ2v) is 9.53. The fraction of sp³-hybridized carbons (Fsp3) is 0.321. The van der Waals surface area contributed by atoms with Crippen LogP contribution in [0.3, 0.4) is 0 Å². The van der Waals surface area contributed by atoms with Crippen molar-refractivity contribution in [1.82, 2.24) is 10.6 Å². The molecule has 0 bridgehead atoms. The molecule has 33 heavy (non-hydrogen) atoms. The first kappa shape index (κ1) is 22.9. The largest absolute Gasteiger partial charge is 0.444 e. The van der Waals surface area contributed by atoms with Gasteiger partial charge in [-0.15, -0.1) is 0 Å². The first-order valence-corrected chi connectivity index (χ1v) is 11.6. The van der Waals surface area contributed by atoms with E-state index in [0.29, 0.717) is 13.0 Å². The van der Waals surface area contributed by atoms with Gasteiger partial charge in [-0.05, 0) is 49.9 Å². The summed E-state index contributed by atoms with van der Waals surface area (Å²) in [7, 11) is 0. The van der Waals surface area contributed by atoms with Crippen LogP contribution in [0.4, 0.5) is 10.5 Å². The van der Waals surface area contributed by atoms with Crippen molar-refractivity contribution in [2.75, 3.05) is 11.9 Å². The van der Waals surface area contributed by atoms with Crippen molar-refractivity contribution in [3.63, 3.8) is 0 Å². The van der Waals surface area contributed by atoms with E-state index in [1.807, 2.05) is 51.1 Å². The zero-order valence-corrected chi connectivity index (χ0v) is 19.5. The summed E-state index contributed by atoms with van der Waals surface area (Å²) >= 11 is 0. The molecule has 0 radical (unpaired) electrons. The Morgan fingerprint density at radius 2 is 1.61 bits per heavy atom. The minimum atomic E-state index is -0.554. The Hall–Kier alpha value is -3.31. The molecule has 172 valence electrons. The minimum absolute atomic E-state index is 0.0346. The molecule has 3 N–H and O–H groups in total. The molecule has 0 saturated heterocycles. The number of benzene rings is 3. The number of amides is 1. The number of nitrogens with one attached hydrogen (secondary N) is 3. The van der Waals surface area contributed by atoms with Crippen molar-refractivity contribution in [3.05, 3.63) is 102 Å². The highest BCUT2D eigenvalue weighted by Crippen LogP contribution is 2.31. The van der Waals surface area contributed by atoms with Crippen molar-refractivity contribution in [3.8, 4) is 0 Å². The van der Waals surface area contributed by atoms with Gasteiger partial charge in [0, 0.05) is 12.2 Å². The normalized spacial score (nSPS) is 18.9. The van der Waals surface area contributed by atoms with Crippen molar-refractivity contribution in [2.45, 2.75) is 50.9 Å². The van der Waals surface area contributed by atoms with Gasteiger partial charge in [0.2, 0.25) is 0 Å². The van der Waals surface area contributed by atoms with Crippen LogP contribution in [0.1, 0.15) is 43.5 Å². The SMILES string of the molecule is CC(C)(C)OC(=O)N[C@@H](Cc1ccccc1)[C@H]1CN[C@H](c2ccccc2)c2ccccc2N1. The van der Waals surface area contributed by atoms with Crippen molar-refractivity contribution < 1.29 is 9.53 Å². The Morgan fingerprint density at radius 1 is 0.970 bits per heavy atom. The molecule has 0 unspecified atom stereocenters. The van der Waals surface area contributed by atoms with Crippen LogP contribution in [0.5, 0.6) is 0 Å². The molecule has 3 atom stereocenters. The summed E-state index contributed by atoms with van der Waals surface area (Å²) in [6, 6.07) is 29.0. The van der Waals surface area contributed by atoms with Crippen molar-refractivity contribution in [2.24, 2.45) is 0 Å². The quantitative estimate of drug-likeness (QED) is 0.501. The molecular formula is C28H33N3O2. The predicted octanol–water partition coefficient (Wildman–Crippen LogP) is 5.30. The molecule has 1 heterocycles. The lowest BCUT2D eigenvalue weighted by Crippen LogP contribution is -2.52. The average molecular weight is 444 g/mol. The van der Waals surface area contributed by atoms with Crippen LogP contribution < -0.4 is 16.0 Å². The molecule has 5 nitrogen and oxygen atoms in total. The number of para-hydroxylation sites is 1. The first-order valence-electron chi connectivity index (χ1n) is 11.6. The van der Waals surface area contributed by atoms with Crippen LogP contribution >= 0.6 is 0 Å². The molecule has 1 aliphatic heterocycles. The van der Waals surface area contributed by atoms with E-state index in [1.54, 1.807) is 0 Å². The molecule has 1 amide bonds. The fourth-order valence-corrected chi connectivity index (χ4v) is 4.29. The zero-order chi connectivity index (χ0) is 23.3. The molecule has 0 fully saturated rings. The molecule has 0 aromatic heterocycles. The highest BCUT2D eigenvalue weighted by atomic mass is 16.6. The molecule has 4 rings (SSSR count). The number of carbonyl (C=O) groups is 1. The third-order valence-corrected chi connectivity index (χ3v) is 5.77. The van der Waals surface area contributed by atoms with Gasteiger partial charge in [0.25, 0.3) is 0 Å². The summed E-state index contributed by atoms with van der Waals surface area (Å²) in [5, 5.41) is 10.6. The van der Waals surface area contributed by atoms with Gasteiger partial charge in [-0.3, -0.25) is 0 Å². The fourth-order valence-electron chi connectivity index (χ4n) is 4.29. The van der Waals surface area contributed by atoms with Crippen LogP contribution in [0.15, 0.2) is 84.9 Å². The second kappa shape index (κ2) is 10.1. The monoisotopic (exact) mass is 443 g/mol. The highest BCUT2D eigenvalue weighted by Gasteiger charge is 2.31. The van der Waals surface area contributed by atoms with Crippen LogP contribution in [-0.4, -0.2) is 30.3 Å². The maximum atomic E-state index is 12.7. The second-order valence-electron chi connectivity index (χ2n) is 9.53. The predicted molar refractivity (Wildman–Crippen MR) is 133 cm³/mol. The van der Waals surface area contributed by atoms with Crippen LogP contribution in [-0.2, 0) is 11.2 Å². The summed E-state index contributed by atoms with van der Waals surface area (Å²) in [6.45, 7) is 6.32. The number of hydrogen-bond acceptors (Lipinski definition) is 4. The summed E-state index contributed by atoms with van der Waals surface area (Å²) < 4.78 is 5.59. The van der Waals surface area contributed by atoms with Gasteiger partial charge in [-0.25, -0.2) is 4.79 Å².